The number of hydrogen-bond acceptors (Lipinski definition) is 3. The van der Waals surface area contributed by atoms with Crippen LogP contribution in [0.2, 0.25) is 0 Å². The molecule has 0 bridgehead atoms. The summed E-state index contributed by atoms with van der Waals surface area (Å²) < 4.78 is 33.8. The first-order valence-electron chi connectivity index (χ1n) is 7.94. The SMILES string of the molecule is COCc1ccccc1CNC(=O)c1ccn(-c2c(F)cccc2F)n1. The molecule has 7 heteroatoms. The maximum absolute atomic E-state index is 13.8. The average molecular weight is 357 g/mol. The number of rotatable bonds is 6. The molecule has 26 heavy (non-hydrogen) atoms. The largest absolute Gasteiger partial charge is 0.380 e. The summed E-state index contributed by atoms with van der Waals surface area (Å²) in [4.78, 5) is 12.3. The van der Waals surface area contributed by atoms with Crippen LogP contribution in [0.5, 0.6) is 0 Å². The first kappa shape index (κ1) is 17.8. The van der Waals surface area contributed by atoms with E-state index in [9.17, 15) is 13.6 Å². The minimum atomic E-state index is -0.756. The normalized spacial score (nSPS) is 10.7. The van der Waals surface area contributed by atoms with E-state index < -0.39 is 17.5 Å². The van der Waals surface area contributed by atoms with E-state index in [-0.39, 0.29) is 11.4 Å². The van der Waals surface area contributed by atoms with E-state index in [0.717, 1.165) is 27.9 Å². The summed E-state index contributed by atoms with van der Waals surface area (Å²) in [5.74, 6) is -1.95. The number of halogens is 2. The third-order valence-electron chi connectivity index (χ3n) is 3.85. The Hall–Kier alpha value is -3.06. The molecule has 0 radical (unpaired) electrons. The molecule has 0 fully saturated rings. The van der Waals surface area contributed by atoms with Gasteiger partial charge < -0.3 is 10.1 Å². The Morgan fingerprint density at radius 3 is 2.46 bits per heavy atom. The molecule has 5 nitrogen and oxygen atoms in total. The van der Waals surface area contributed by atoms with E-state index in [1.54, 1.807) is 7.11 Å². The molecule has 3 rings (SSSR count). The van der Waals surface area contributed by atoms with Crippen LogP contribution >= 0.6 is 0 Å². The van der Waals surface area contributed by atoms with Gasteiger partial charge in [-0.3, -0.25) is 4.79 Å². The summed E-state index contributed by atoms with van der Waals surface area (Å²) in [6.45, 7) is 0.729. The minimum absolute atomic E-state index is 0.0666. The van der Waals surface area contributed by atoms with Crippen molar-refractivity contribution in [3.8, 4) is 5.69 Å². The van der Waals surface area contributed by atoms with Crippen LogP contribution in [0, 0.1) is 11.6 Å². The molecular weight excluding hydrogens is 340 g/mol. The lowest BCUT2D eigenvalue weighted by Crippen LogP contribution is -2.24. The summed E-state index contributed by atoms with van der Waals surface area (Å²) in [6.07, 6.45) is 1.34. The van der Waals surface area contributed by atoms with E-state index in [1.807, 2.05) is 24.3 Å². The Kier molecular flexibility index (Phi) is 5.38. The van der Waals surface area contributed by atoms with Crippen molar-refractivity contribution >= 4 is 5.91 Å². The second kappa shape index (κ2) is 7.88. The topological polar surface area (TPSA) is 56.1 Å². The number of methoxy groups -OCH3 is 1. The van der Waals surface area contributed by atoms with Gasteiger partial charge in [0.05, 0.1) is 6.61 Å². The Bertz CT molecular complexity index is 904. The smallest absolute Gasteiger partial charge is 0.272 e. The highest BCUT2D eigenvalue weighted by molar-refractivity contribution is 5.92. The third-order valence-corrected chi connectivity index (χ3v) is 3.85. The summed E-state index contributed by atoms with van der Waals surface area (Å²) in [5.41, 5.74) is 1.63. The van der Waals surface area contributed by atoms with Crippen LogP contribution < -0.4 is 5.32 Å². The van der Waals surface area contributed by atoms with Crippen molar-refractivity contribution in [3.05, 3.63) is 83.2 Å². The molecule has 0 aliphatic rings. The van der Waals surface area contributed by atoms with Crippen molar-refractivity contribution in [1.29, 1.82) is 0 Å². The number of benzene rings is 2. The van der Waals surface area contributed by atoms with Crippen LogP contribution in [-0.4, -0.2) is 22.8 Å². The minimum Gasteiger partial charge on any atom is -0.380 e. The monoisotopic (exact) mass is 357 g/mol. The Morgan fingerprint density at radius 1 is 1.08 bits per heavy atom. The Labute approximate surface area is 149 Å². The van der Waals surface area contributed by atoms with Crippen LogP contribution in [0.4, 0.5) is 8.78 Å². The zero-order chi connectivity index (χ0) is 18.5. The molecule has 2 aromatic carbocycles. The molecule has 1 heterocycles. The maximum Gasteiger partial charge on any atom is 0.272 e. The second-order valence-electron chi connectivity index (χ2n) is 5.60. The lowest BCUT2D eigenvalue weighted by molar-refractivity contribution is 0.0945. The van der Waals surface area contributed by atoms with E-state index in [4.69, 9.17) is 4.74 Å². The van der Waals surface area contributed by atoms with Crippen molar-refractivity contribution in [2.24, 2.45) is 0 Å². The number of ether oxygens (including phenoxy) is 1. The molecule has 0 spiro atoms. The number of carbonyl (C=O) groups is 1. The van der Waals surface area contributed by atoms with Crippen LogP contribution in [-0.2, 0) is 17.9 Å². The fourth-order valence-electron chi connectivity index (χ4n) is 2.57. The predicted molar refractivity (Wildman–Crippen MR) is 91.8 cm³/mol. The highest BCUT2D eigenvalue weighted by Gasteiger charge is 2.15. The van der Waals surface area contributed by atoms with Gasteiger partial charge in [0.25, 0.3) is 5.91 Å². The summed E-state index contributed by atoms with van der Waals surface area (Å²) >= 11 is 0. The van der Waals surface area contributed by atoms with Gasteiger partial charge in [0.15, 0.2) is 17.3 Å². The van der Waals surface area contributed by atoms with Gasteiger partial charge in [0, 0.05) is 19.9 Å². The fourth-order valence-corrected chi connectivity index (χ4v) is 2.57. The predicted octanol–water partition coefficient (Wildman–Crippen LogP) is 3.23. The summed E-state index contributed by atoms with van der Waals surface area (Å²) in [6, 6.07) is 12.5. The lowest BCUT2D eigenvalue weighted by Gasteiger charge is -2.09. The Balaban J connectivity index is 1.73. The molecule has 3 aromatic rings. The van der Waals surface area contributed by atoms with Crippen molar-refractivity contribution in [1.82, 2.24) is 15.1 Å². The lowest BCUT2D eigenvalue weighted by atomic mass is 10.1. The number of carbonyl (C=O) groups excluding carboxylic acids is 1. The molecule has 0 saturated carbocycles. The highest BCUT2D eigenvalue weighted by Crippen LogP contribution is 2.17. The van der Waals surface area contributed by atoms with Gasteiger partial charge in [-0.2, -0.15) is 5.10 Å². The maximum atomic E-state index is 13.8. The van der Waals surface area contributed by atoms with Crippen LogP contribution in [0.15, 0.2) is 54.7 Å². The molecule has 1 amide bonds. The summed E-state index contributed by atoms with van der Waals surface area (Å²) in [7, 11) is 1.60. The zero-order valence-corrected chi connectivity index (χ0v) is 14.1. The van der Waals surface area contributed by atoms with E-state index in [0.29, 0.717) is 13.2 Å². The number of aromatic nitrogens is 2. The van der Waals surface area contributed by atoms with E-state index >= 15 is 0 Å². The fraction of sp³-hybridized carbons (Fsp3) is 0.158. The quantitative estimate of drug-likeness (QED) is 0.737. The van der Waals surface area contributed by atoms with Gasteiger partial charge in [-0.25, -0.2) is 13.5 Å². The van der Waals surface area contributed by atoms with Crippen molar-refractivity contribution in [2.45, 2.75) is 13.2 Å². The molecule has 0 unspecified atom stereocenters. The van der Waals surface area contributed by atoms with Crippen LogP contribution in [0.1, 0.15) is 21.6 Å². The van der Waals surface area contributed by atoms with Crippen LogP contribution in [0.3, 0.4) is 0 Å². The van der Waals surface area contributed by atoms with Gasteiger partial charge in [-0.05, 0) is 29.3 Å². The second-order valence-corrected chi connectivity index (χ2v) is 5.60. The molecule has 0 aliphatic carbocycles. The number of nitrogens with one attached hydrogen (secondary N) is 1. The first-order valence-corrected chi connectivity index (χ1v) is 7.94. The van der Waals surface area contributed by atoms with E-state index in [2.05, 4.69) is 10.4 Å². The van der Waals surface area contributed by atoms with Crippen molar-refractivity contribution in [2.75, 3.05) is 7.11 Å². The van der Waals surface area contributed by atoms with Gasteiger partial charge in [-0.15, -0.1) is 0 Å². The molecule has 1 aromatic heterocycles. The van der Waals surface area contributed by atoms with Gasteiger partial charge in [0.2, 0.25) is 0 Å². The molecule has 0 atom stereocenters. The first-order chi connectivity index (χ1) is 12.6. The number of hydrogen-bond donors (Lipinski definition) is 1. The molecule has 134 valence electrons. The highest BCUT2D eigenvalue weighted by atomic mass is 19.1. The summed E-state index contributed by atoms with van der Waals surface area (Å²) in [5, 5.41) is 6.72. The molecular formula is C19H17F2N3O2. The van der Waals surface area contributed by atoms with E-state index in [1.165, 1.54) is 18.3 Å². The molecule has 0 aliphatic heterocycles. The van der Waals surface area contributed by atoms with Gasteiger partial charge in [0.1, 0.15) is 5.69 Å². The number of amides is 1. The zero-order valence-electron chi connectivity index (χ0n) is 14.1. The number of nitrogens with zero attached hydrogens (tertiary/aromatic N) is 2. The van der Waals surface area contributed by atoms with Crippen molar-refractivity contribution in [3.63, 3.8) is 0 Å². The van der Waals surface area contributed by atoms with Gasteiger partial charge in [-0.1, -0.05) is 30.3 Å². The number of para-hydroxylation sites is 1. The standard InChI is InChI=1S/C19H17F2N3O2/c1-26-12-14-6-3-2-5-13(14)11-22-19(25)17-9-10-24(23-17)18-15(20)7-4-8-16(18)21/h2-10H,11-12H2,1H3,(H,22,25). The average Bonchev–Trinajstić information content (AvgIpc) is 3.10. The molecule has 0 saturated heterocycles. The van der Waals surface area contributed by atoms with Gasteiger partial charge >= 0.3 is 0 Å². The van der Waals surface area contributed by atoms with Crippen molar-refractivity contribution < 1.29 is 18.3 Å². The Morgan fingerprint density at radius 2 is 1.77 bits per heavy atom. The third kappa shape index (κ3) is 3.78. The van der Waals surface area contributed by atoms with Crippen LogP contribution in [0.25, 0.3) is 5.69 Å². The molecule has 1 N–H and O–H groups in total.